The first-order valence-electron chi connectivity index (χ1n) is 7.79. The molecule has 1 aliphatic carbocycles. The monoisotopic (exact) mass is 282 g/mol. The molecule has 0 aromatic carbocycles. The number of carbonyl (C=O) groups excluding carboxylic acids is 1. The SMILES string of the molecule is CCCNC(=NCC(=O)N(C)C)NC1CCCCC1C. The number of hydrogen-bond donors (Lipinski definition) is 2. The molecule has 1 fully saturated rings. The van der Waals surface area contributed by atoms with Gasteiger partial charge >= 0.3 is 0 Å². The van der Waals surface area contributed by atoms with Gasteiger partial charge in [-0.25, -0.2) is 4.99 Å². The zero-order valence-corrected chi connectivity index (χ0v) is 13.4. The van der Waals surface area contributed by atoms with Crippen molar-refractivity contribution in [2.24, 2.45) is 10.9 Å². The molecule has 5 heteroatoms. The van der Waals surface area contributed by atoms with Gasteiger partial charge < -0.3 is 15.5 Å². The Balaban J connectivity index is 2.58. The van der Waals surface area contributed by atoms with Gasteiger partial charge in [-0.3, -0.25) is 4.79 Å². The summed E-state index contributed by atoms with van der Waals surface area (Å²) in [4.78, 5) is 17.6. The minimum atomic E-state index is 0.0271. The zero-order chi connectivity index (χ0) is 15.0. The molecule has 1 amide bonds. The Bertz CT molecular complexity index is 328. The van der Waals surface area contributed by atoms with Crippen LogP contribution in [0.25, 0.3) is 0 Å². The first-order valence-corrected chi connectivity index (χ1v) is 7.79. The quantitative estimate of drug-likeness (QED) is 0.595. The van der Waals surface area contributed by atoms with E-state index in [-0.39, 0.29) is 12.5 Å². The predicted octanol–water partition coefficient (Wildman–Crippen LogP) is 1.60. The van der Waals surface area contributed by atoms with Crippen molar-refractivity contribution in [1.82, 2.24) is 15.5 Å². The summed E-state index contributed by atoms with van der Waals surface area (Å²) in [6.07, 6.45) is 6.11. The van der Waals surface area contributed by atoms with Crippen molar-refractivity contribution in [3.63, 3.8) is 0 Å². The van der Waals surface area contributed by atoms with Crippen LogP contribution >= 0.6 is 0 Å². The van der Waals surface area contributed by atoms with Gasteiger partial charge in [-0.15, -0.1) is 0 Å². The third kappa shape index (κ3) is 5.80. The minimum absolute atomic E-state index is 0.0271. The average molecular weight is 282 g/mol. The first-order chi connectivity index (χ1) is 9.54. The smallest absolute Gasteiger partial charge is 0.243 e. The van der Waals surface area contributed by atoms with Gasteiger partial charge in [0.2, 0.25) is 5.91 Å². The fourth-order valence-corrected chi connectivity index (χ4v) is 2.39. The molecule has 0 saturated heterocycles. The second-order valence-corrected chi connectivity index (χ2v) is 5.89. The lowest BCUT2D eigenvalue weighted by Gasteiger charge is -2.31. The highest BCUT2D eigenvalue weighted by Crippen LogP contribution is 2.23. The molecule has 2 N–H and O–H groups in total. The van der Waals surface area contributed by atoms with Crippen LogP contribution in [0.4, 0.5) is 0 Å². The molecule has 0 radical (unpaired) electrons. The summed E-state index contributed by atoms with van der Waals surface area (Å²) in [5.74, 6) is 1.47. The molecule has 0 aromatic rings. The van der Waals surface area contributed by atoms with Gasteiger partial charge in [0.15, 0.2) is 5.96 Å². The molecule has 116 valence electrons. The summed E-state index contributed by atoms with van der Waals surface area (Å²) in [7, 11) is 3.52. The van der Waals surface area contributed by atoms with Crippen LogP contribution < -0.4 is 10.6 Å². The molecule has 0 heterocycles. The summed E-state index contributed by atoms with van der Waals surface area (Å²) >= 11 is 0. The van der Waals surface area contributed by atoms with Gasteiger partial charge in [-0.05, 0) is 25.2 Å². The second-order valence-electron chi connectivity index (χ2n) is 5.89. The lowest BCUT2D eigenvalue weighted by atomic mass is 9.86. The largest absolute Gasteiger partial charge is 0.356 e. The van der Waals surface area contributed by atoms with Crippen LogP contribution in [0.15, 0.2) is 4.99 Å². The number of likely N-dealkylation sites (N-methyl/N-ethyl adjacent to an activating group) is 1. The van der Waals surface area contributed by atoms with E-state index in [0.717, 1.165) is 18.9 Å². The van der Waals surface area contributed by atoms with Crippen LogP contribution in [0, 0.1) is 5.92 Å². The van der Waals surface area contributed by atoms with Crippen LogP contribution in [0.1, 0.15) is 46.0 Å². The summed E-state index contributed by atoms with van der Waals surface area (Å²) in [5, 5.41) is 6.80. The van der Waals surface area contributed by atoms with E-state index in [2.05, 4.69) is 29.5 Å². The van der Waals surface area contributed by atoms with Crippen molar-refractivity contribution in [3.8, 4) is 0 Å². The third-order valence-corrected chi connectivity index (χ3v) is 3.85. The van der Waals surface area contributed by atoms with Crippen molar-refractivity contribution < 1.29 is 4.79 Å². The maximum atomic E-state index is 11.6. The molecule has 1 aliphatic rings. The Hall–Kier alpha value is -1.26. The highest BCUT2D eigenvalue weighted by molar-refractivity contribution is 5.84. The Morgan fingerprint density at radius 1 is 1.30 bits per heavy atom. The second kappa shape index (κ2) is 8.82. The normalized spacial score (nSPS) is 23.3. The van der Waals surface area contributed by atoms with Gasteiger partial charge in [0, 0.05) is 26.7 Å². The van der Waals surface area contributed by atoms with Crippen LogP contribution in [0.5, 0.6) is 0 Å². The molecule has 0 spiro atoms. The molecule has 0 aromatic heterocycles. The van der Waals surface area contributed by atoms with E-state index in [1.165, 1.54) is 25.7 Å². The van der Waals surface area contributed by atoms with Crippen LogP contribution in [-0.2, 0) is 4.79 Å². The highest BCUT2D eigenvalue weighted by atomic mass is 16.2. The minimum Gasteiger partial charge on any atom is -0.356 e. The van der Waals surface area contributed by atoms with Gasteiger partial charge in [0.05, 0.1) is 0 Å². The number of guanidine groups is 1. The Kier molecular flexibility index (Phi) is 7.41. The van der Waals surface area contributed by atoms with Crippen LogP contribution in [0.3, 0.4) is 0 Å². The highest BCUT2D eigenvalue weighted by Gasteiger charge is 2.22. The van der Waals surface area contributed by atoms with Gasteiger partial charge in [-0.2, -0.15) is 0 Å². The number of nitrogens with zero attached hydrogens (tertiary/aromatic N) is 2. The van der Waals surface area contributed by atoms with Crippen molar-refractivity contribution in [2.75, 3.05) is 27.2 Å². The standard InChI is InChI=1S/C15H30N4O/c1-5-10-16-15(17-11-14(20)19(3)4)18-13-9-7-6-8-12(13)2/h12-13H,5-11H2,1-4H3,(H2,16,17,18). The number of nitrogens with one attached hydrogen (secondary N) is 2. The molecule has 5 nitrogen and oxygen atoms in total. The average Bonchev–Trinajstić information content (AvgIpc) is 2.43. The Labute approximate surface area is 123 Å². The Morgan fingerprint density at radius 2 is 2.00 bits per heavy atom. The van der Waals surface area contributed by atoms with E-state index in [1.807, 2.05) is 0 Å². The van der Waals surface area contributed by atoms with E-state index in [1.54, 1.807) is 19.0 Å². The fourth-order valence-electron chi connectivity index (χ4n) is 2.39. The molecule has 0 aliphatic heterocycles. The number of rotatable bonds is 5. The lowest BCUT2D eigenvalue weighted by Crippen LogP contribution is -2.47. The number of aliphatic imine (C=N–C) groups is 1. The first kappa shape index (κ1) is 16.8. The Morgan fingerprint density at radius 3 is 2.60 bits per heavy atom. The molecule has 1 rings (SSSR count). The molecule has 2 atom stereocenters. The number of amides is 1. The number of hydrogen-bond acceptors (Lipinski definition) is 2. The molecule has 0 bridgehead atoms. The van der Waals surface area contributed by atoms with Crippen molar-refractivity contribution in [3.05, 3.63) is 0 Å². The van der Waals surface area contributed by atoms with E-state index >= 15 is 0 Å². The fraction of sp³-hybridized carbons (Fsp3) is 0.867. The lowest BCUT2D eigenvalue weighted by molar-refractivity contribution is -0.127. The molecular weight excluding hydrogens is 252 g/mol. The maximum absolute atomic E-state index is 11.6. The third-order valence-electron chi connectivity index (χ3n) is 3.85. The summed E-state index contributed by atoms with van der Waals surface area (Å²) in [6, 6.07) is 0.473. The van der Waals surface area contributed by atoms with Crippen molar-refractivity contribution >= 4 is 11.9 Å². The molecule has 2 unspecified atom stereocenters. The maximum Gasteiger partial charge on any atom is 0.243 e. The van der Waals surface area contributed by atoms with Gasteiger partial charge in [0.25, 0.3) is 0 Å². The van der Waals surface area contributed by atoms with Gasteiger partial charge in [0.1, 0.15) is 6.54 Å². The number of carbonyl (C=O) groups is 1. The van der Waals surface area contributed by atoms with Crippen LogP contribution in [0.2, 0.25) is 0 Å². The predicted molar refractivity (Wildman–Crippen MR) is 83.8 cm³/mol. The van der Waals surface area contributed by atoms with E-state index < -0.39 is 0 Å². The van der Waals surface area contributed by atoms with Crippen molar-refractivity contribution in [2.45, 2.75) is 52.0 Å². The van der Waals surface area contributed by atoms with Crippen molar-refractivity contribution in [1.29, 1.82) is 0 Å². The van der Waals surface area contributed by atoms with Crippen LogP contribution in [-0.4, -0.2) is 50.0 Å². The van der Waals surface area contributed by atoms with E-state index in [0.29, 0.717) is 12.0 Å². The summed E-state index contributed by atoms with van der Waals surface area (Å²) in [5.41, 5.74) is 0. The molecular formula is C15H30N4O. The van der Waals surface area contributed by atoms with E-state index in [4.69, 9.17) is 0 Å². The van der Waals surface area contributed by atoms with E-state index in [9.17, 15) is 4.79 Å². The molecule has 20 heavy (non-hydrogen) atoms. The topological polar surface area (TPSA) is 56.7 Å². The molecule has 1 saturated carbocycles. The summed E-state index contributed by atoms with van der Waals surface area (Å²) < 4.78 is 0. The zero-order valence-electron chi connectivity index (χ0n) is 13.4. The summed E-state index contributed by atoms with van der Waals surface area (Å²) in [6.45, 7) is 5.49. The van der Waals surface area contributed by atoms with Gasteiger partial charge in [-0.1, -0.05) is 26.7 Å².